The standard InChI is InChI=1S/C27H32FN3O6/c1-3-35-24-8-5-19(15-25(24)36-4-2)17-30-26(33)22-16-21(37-14-11-28)6-7-23(22)31(27(30)34)20-9-12-29(18-32)13-10-20/h5-8,15-16,18,20H,3-4,9-14,17H2,1-2H3. The van der Waals surface area contributed by atoms with Crippen LogP contribution < -0.4 is 25.5 Å². The molecule has 37 heavy (non-hydrogen) atoms. The molecule has 0 spiro atoms. The molecule has 1 saturated heterocycles. The number of piperidine rings is 1. The summed E-state index contributed by atoms with van der Waals surface area (Å²) in [5, 5.41) is 0.310. The van der Waals surface area contributed by atoms with Crippen LogP contribution >= 0.6 is 0 Å². The van der Waals surface area contributed by atoms with Crippen molar-refractivity contribution in [2.45, 2.75) is 39.3 Å². The van der Waals surface area contributed by atoms with Gasteiger partial charge in [-0.3, -0.25) is 18.7 Å². The minimum absolute atomic E-state index is 0.0306. The number of alkyl halides is 1. The van der Waals surface area contributed by atoms with Crippen LogP contribution in [0, 0.1) is 0 Å². The van der Waals surface area contributed by atoms with Gasteiger partial charge in [0, 0.05) is 19.1 Å². The zero-order valence-electron chi connectivity index (χ0n) is 21.2. The van der Waals surface area contributed by atoms with Gasteiger partial charge in [0.15, 0.2) is 11.5 Å². The molecule has 9 nitrogen and oxygen atoms in total. The number of benzene rings is 2. The van der Waals surface area contributed by atoms with E-state index < -0.39 is 17.9 Å². The molecule has 0 aliphatic carbocycles. The Kier molecular flexibility index (Phi) is 8.47. The number of amides is 1. The van der Waals surface area contributed by atoms with Crippen LogP contribution in [-0.2, 0) is 11.3 Å². The third kappa shape index (κ3) is 5.63. The summed E-state index contributed by atoms with van der Waals surface area (Å²) in [6.07, 6.45) is 1.99. The molecule has 1 fully saturated rings. The van der Waals surface area contributed by atoms with Gasteiger partial charge in [-0.1, -0.05) is 6.07 Å². The van der Waals surface area contributed by atoms with E-state index in [4.69, 9.17) is 14.2 Å². The van der Waals surface area contributed by atoms with Crippen molar-refractivity contribution in [1.29, 1.82) is 0 Å². The molecular formula is C27H32FN3O6. The van der Waals surface area contributed by atoms with Crippen molar-refractivity contribution >= 4 is 17.3 Å². The summed E-state index contributed by atoms with van der Waals surface area (Å²) >= 11 is 0. The lowest BCUT2D eigenvalue weighted by molar-refractivity contribution is -0.119. The summed E-state index contributed by atoms with van der Waals surface area (Å²) in [7, 11) is 0. The van der Waals surface area contributed by atoms with Crippen molar-refractivity contribution in [3.05, 3.63) is 62.8 Å². The highest BCUT2D eigenvalue weighted by Gasteiger charge is 2.25. The normalized spacial score (nSPS) is 14.1. The largest absolute Gasteiger partial charge is 0.491 e. The van der Waals surface area contributed by atoms with E-state index in [1.165, 1.54) is 4.57 Å². The van der Waals surface area contributed by atoms with E-state index >= 15 is 0 Å². The number of fused-ring (bicyclic) bond motifs is 1. The predicted molar refractivity (Wildman–Crippen MR) is 138 cm³/mol. The third-order valence-electron chi connectivity index (χ3n) is 6.45. The molecule has 1 aliphatic rings. The average molecular weight is 514 g/mol. The summed E-state index contributed by atoms with van der Waals surface area (Å²) in [5.41, 5.74) is 0.313. The van der Waals surface area contributed by atoms with Gasteiger partial charge >= 0.3 is 5.69 Å². The number of carbonyl (C=O) groups excluding carboxylic acids is 1. The molecule has 0 bridgehead atoms. The van der Waals surface area contributed by atoms with Gasteiger partial charge in [-0.15, -0.1) is 0 Å². The summed E-state index contributed by atoms with van der Waals surface area (Å²) in [5.74, 6) is 1.49. The molecule has 198 valence electrons. The van der Waals surface area contributed by atoms with Crippen molar-refractivity contribution < 1.29 is 23.4 Å². The number of rotatable bonds is 11. The maximum atomic E-state index is 13.8. The second-order valence-corrected chi connectivity index (χ2v) is 8.78. The number of nitrogens with zero attached hydrogens (tertiary/aromatic N) is 3. The van der Waals surface area contributed by atoms with E-state index in [0.717, 1.165) is 6.41 Å². The molecule has 4 rings (SSSR count). The highest BCUT2D eigenvalue weighted by Crippen LogP contribution is 2.29. The fourth-order valence-corrected chi connectivity index (χ4v) is 4.73. The Bertz CT molecular complexity index is 1360. The van der Waals surface area contributed by atoms with Crippen LogP contribution in [0.3, 0.4) is 0 Å². The number of aromatic nitrogens is 2. The Labute approximate surface area is 214 Å². The van der Waals surface area contributed by atoms with E-state index in [0.29, 0.717) is 72.9 Å². The molecule has 0 radical (unpaired) electrons. The van der Waals surface area contributed by atoms with Crippen LogP contribution in [0.4, 0.5) is 4.39 Å². The van der Waals surface area contributed by atoms with Crippen molar-refractivity contribution in [3.8, 4) is 17.2 Å². The highest BCUT2D eigenvalue weighted by atomic mass is 19.1. The maximum Gasteiger partial charge on any atom is 0.332 e. The van der Waals surface area contributed by atoms with Gasteiger partial charge in [0.2, 0.25) is 6.41 Å². The Morgan fingerprint density at radius 1 is 0.973 bits per heavy atom. The van der Waals surface area contributed by atoms with Gasteiger partial charge in [0.1, 0.15) is 19.0 Å². The minimum Gasteiger partial charge on any atom is -0.491 e. The van der Waals surface area contributed by atoms with Crippen molar-refractivity contribution in [2.24, 2.45) is 0 Å². The first-order valence-corrected chi connectivity index (χ1v) is 12.6. The lowest BCUT2D eigenvalue weighted by Gasteiger charge is -2.31. The molecule has 2 heterocycles. The Hall–Kier alpha value is -3.82. The third-order valence-corrected chi connectivity index (χ3v) is 6.45. The van der Waals surface area contributed by atoms with Crippen LogP contribution in [0.15, 0.2) is 46.0 Å². The topological polar surface area (TPSA) is 92.0 Å². The molecule has 3 aromatic rings. The predicted octanol–water partition coefficient (Wildman–Crippen LogP) is 3.15. The SMILES string of the molecule is CCOc1ccc(Cn2c(=O)c3cc(OCCF)ccc3n(C3CCN(C=O)CC3)c2=O)cc1OCC. The van der Waals surface area contributed by atoms with E-state index in [9.17, 15) is 18.8 Å². The number of carbonyl (C=O) groups is 1. The lowest BCUT2D eigenvalue weighted by atomic mass is 10.0. The van der Waals surface area contributed by atoms with Gasteiger partial charge < -0.3 is 19.1 Å². The molecule has 0 atom stereocenters. The number of halogens is 1. The van der Waals surface area contributed by atoms with Gasteiger partial charge in [-0.2, -0.15) is 0 Å². The zero-order valence-corrected chi connectivity index (χ0v) is 21.2. The summed E-state index contributed by atoms with van der Waals surface area (Å²) in [6.45, 7) is 4.96. The number of ether oxygens (including phenoxy) is 3. The van der Waals surface area contributed by atoms with E-state index in [2.05, 4.69) is 0 Å². The number of likely N-dealkylation sites (tertiary alicyclic amines) is 1. The Morgan fingerprint density at radius 3 is 2.38 bits per heavy atom. The number of hydrogen-bond acceptors (Lipinski definition) is 6. The highest BCUT2D eigenvalue weighted by molar-refractivity contribution is 5.80. The fraction of sp³-hybridized carbons (Fsp3) is 0.444. The van der Waals surface area contributed by atoms with E-state index in [1.54, 1.807) is 45.9 Å². The van der Waals surface area contributed by atoms with Gasteiger partial charge in [0.25, 0.3) is 5.56 Å². The molecule has 1 aliphatic heterocycles. The van der Waals surface area contributed by atoms with Crippen LogP contribution in [0.5, 0.6) is 17.2 Å². The minimum atomic E-state index is -0.656. The van der Waals surface area contributed by atoms with Gasteiger partial charge in [-0.25, -0.2) is 9.18 Å². The summed E-state index contributed by atoms with van der Waals surface area (Å²) in [6, 6.07) is 10.0. The molecule has 10 heteroatoms. The van der Waals surface area contributed by atoms with Crippen molar-refractivity contribution in [3.63, 3.8) is 0 Å². The van der Waals surface area contributed by atoms with Gasteiger partial charge in [-0.05, 0) is 62.6 Å². The van der Waals surface area contributed by atoms with E-state index in [-0.39, 0.29) is 19.2 Å². The summed E-state index contributed by atoms with van der Waals surface area (Å²) < 4.78 is 32.3. The molecule has 1 amide bonds. The lowest BCUT2D eigenvalue weighted by Crippen LogP contribution is -2.44. The Balaban J connectivity index is 1.83. The first kappa shape index (κ1) is 26.2. The number of hydrogen-bond donors (Lipinski definition) is 0. The Morgan fingerprint density at radius 2 is 1.70 bits per heavy atom. The maximum absolute atomic E-state index is 13.8. The van der Waals surface area contributed by atoms with Crippen molar-refractivity contribution in [1.82, 2.24) is 14.0 Å². The summed E-state index contributed by atoms with van der Waals surface area (Å²) in [4.78, 5) is 40.3. The smallest absolute Gasteiger partial charge is 0.332 e. The van der Waals surface area contributed by atoms with Crippen molar-refractivity contribution in [2.75, 3.05) is 39.6 Å². The second-order valence-electron chi connectivity index (χ2n) is 8.78. The van der Waals surface area contributed by atoms with E-state index in [1.807, 2.05) is 13.8 Å². The van der Waals surface area contributed by atoms with Crippen LogP contribution in [0.2, 0.25) is 0 Å². The van der Waals surface area contributed by atoms with Crippen LogP contribution in [0.1, 0.15) is 38.3 Å². The fourth-order valence-electron chi connectivity index (χ4n) is 4.73. The van der Waals surface area contributed by atoms with Gasteiger partial charge in [0.05, 0.1) is 30.7 Å². The zero-order chi connectivity index (χ0) is 26.4. The molecule has 0 N–H and O–H groups in total. The first-order chi connectivity index (χ1) is 18.0. The molecule has 1 aromatic heterocycles. The van der Waals surface area contributed by atoms with Crippen LogP contribution in [-0.4, -0.2) is 60.0 Å². The quantitative estimate of drug-likeness (QED) is 0.366. The first-order valence-electron chi connectivity index (χ1n) is 12.6. The molecular weight excluding hydrogens is 481 g/mol. The average Bonchev–Trinajstić information content (AvgIpc) is 2.92. The second kappa shape index (κ2) is 11.9. The monoisotopic (exact) mass is 513 g/mol. The molecule has 0 unspecified atom stereocenters. The van der Waals surface area contributed by atoms with Crippen LogP contribution in [0.25, 0.3) is 10.9 Å². The molecule has 2 aromatic carbocycles. The molecule has 0 saturated carbocycles.